The van der Waals surface area contributed by atoms with Crippen LogP contribution in [0.5, 0.6) is 5.88 Å². The van der Waals surface area contributed by atoms with Gasteiger partial charge in [0.25, 0.3) is 0 Å². The number of nitrogens with zero attached hydrogens (tertiary/aromatic N) is 3. The summed E-state index contributed by atoms with van der Waals surface area (Å²) in [7, 11) is 0. The summed E-state index contributed by atoms with van der Waals surface area (Å²) in [4.78, 5) is 14.3. The lowest BCUT2D eigenvalue weighted by Crippen LogP contribution is -2.26. The Balaban J connectivity index is 1.69. The Bertz CT molecular complexity index is 814. The molecule has 6 nitrogen and oxygen atoms in total. The van der Waals surface area contributed by atoms with Crippen molar-refractivity contribution >= 4 is 10.9 Å². The zero-order valence-electron chi connectivity index (χ0n) is 17.6. The zero-order chi connectivity index (χ0) is 20.2. The van der Waals surface area contributed by atoms with Gasteiger partial charge in [0.2, 0.25) is 5.88 Å². The summed E-state index contributed by atoms with van der Waals surface area (Å²) >= 11 is 0. The van der Waals surface area contributed by atoms with Gasteiger partial charge in [-0.05, 0) is 37.5 Å². The first-order valence-corrected chi connectivity index (χ1v) is 11.2. The van der Waals surface area contributed by atoms with E-state index in [1.807, 2.05) is 12.4 Å². The molecule has 0 unspecified atom stereocenters. The Morgan fingerprint density at radius 1 is 1.10 bits per heavy atom. The van der Waals surface area contributed by atoms with Gasteiger partial charge >= 0.3 is 0 Å². The van der Waals surface area contributed by atoms with E-state index in [0.717, 1.165) is 81.3 Å². The number of hydrogen-bond donors (Lipinski definition) is 1. The average Bonchev–Trinajstić information content (AvgIpc) is 2.75. The van der Waals surface area contributed by atoms with Crippen LogP contribution in [0.4, 0.5) is 0 Å². The summed E-state index contributed by atoms with van der Waals surface area (Å²) in [6, 6.07) is 0. The molecule has 2 fully saturated rings. The Hall–Kier alpha value is -1.79. The normalized spacial score (nSPS) is 24.5. The van der Waals surface area contributed by atoms with Crippen molar-refractivity contribution in [3.8, 4) is 5.88 Å². The van der Waals surface area contributed by atoms with Crippen LogP contribution in [0.15, 0.2) is 12.4 Å². The highest BCUT2D eigenvalue weighted by atomic mass is 16.5. The van der Waals surface area contributed by atoms with Crippen LogP contribution in [-0.4, -0.2) is 45.5 Å². The smallest absolute Gasteiger partial charge is 0.224 e. The molecule has 2 aromatic heterocycles. The number of aromatic nitrogens is 3. The monoisotopic (exact) mass is 399 g/mol. The van der Waals surface area contributed by atoms with E-state index in [1.54, 1.807) is 0 Å². The van der Waals surface area contributed by atoms with Crippen molar-refractivity contribution in [1.82, 2.24) is 15.0 Å². The van der Waals surface area contributed by atoms with E-state index in [0.29, 0.717) is 17.7 Å². The molecule has 4 rings (SSSR count). The van der Waals surface area contributed by atoms with Crippen molar-refractivity contribution in [2.24, 2.45) is 5.92 Å². The molecule has 1 N–H and O–H groups in total. The molecular formula is C23H33N3O3. The molecule has 1 atom stereocenters. The second-order valence-corrected chi connectivity index (χ2v) is 8.72. The third kappa shape index (κ3) is 4.86. The Morgan fingerprint density at radius 3 is 2.59 bits per heavy atom. The van der Waals surface area contributed by atoms with Crippen LogP contribution in [0.1, 0.15) is 76.1 Å². The molecule has 0 radical (unpaired) electrons. The van der Waals surface area contributed by atoms with Gasteiger partial charge in [-0.3, -0.25) is 0 Å². The molecule has 2 aliphatic rings. The molecule has 0 bridgehead atoms. The summed E-state index contributed by atoms with van der Waals surface area (Å²) < 4.78 is 11.7. The third-order valence-electron chi connectivity index (χ3n) is 6.47. The van der Waals surface area contributed by atoms with Crippen LogP contribution in [0.2, 0.25) is 0 Å². The number of pyridine rings is 1. The first-order valence-electron chi connectivity index (χ1n) is 11.2. The van der Waals surface area contributed by atoms with E-state index < -0.39 is 0 Å². The maximum absolute atomic E-state index is 9.91. The van der Waals surface area contributed by atoms with E-state index in [9.17, 15) is 5.11 Å². The van der Waals surface area contributed by atoms with Crippen molar-refractivity contribution < 1.29 is 14.6 Å². The summed E-state index contributed by atoms with van der Waals surface area (Å²) in [5.41, 5.74) is 2.16. The van der Waals surface area contributed by atoms with E-state index in [-0.39, 0.29) is 12.2 Å². The highest BCUT2D eigenvalue weighted by Gasteiger charge is 2.25. The van der Waals surface area contributed by atoms with E-state index in [1.165, 1.54) is 5.56 Å². The van der Waals surface area contributed by atoms with Crippen molar-refractivity contribution in [1.29, 1.82) is 0 Å². The van der Waals surface area contributed by atoms with Gasteiger partial charge in [-0.25, -0.2) is 15.0 Å². The minimum absolute atomic E-state index is 0.134. The van der Waals surface area contributed by atoms with E-state index >= 15 is 0 Å². The number of aliphatic hydroxyl groups is 1. The third-order valence-corrected chi connectivity index (χ3v) is 6.47. The van der Waals surface area contributed by atoms with Crippen molar-refractivity contribution in [3.63, 3.8) is 0 Å². The molecule has 1 saturated heterocycles. The molecular weight excluding hydrogens is 366 g/mol. The maximum atomic E-state index is 9.91. The summed E-state index contributed by atoms with van der Waals surface area (Å²) in [6.45, 7) is 5.92. The highest BCUT2D eigenvalue weighted by molar-refractivity contribution is 5.85. The van der Waals surface area contributed by atoms with Gasteiger partial charge in [0.05, 0.1) is 30.2 Å². The van der Waals surface area contributed by atoms with Gasteiger partial charge in [0.1, 0.15) is 11.9 Å². The highest BCUT2D eigenvalue weighted by Crippen LogP contribution is 2.37. The predicted molar refractivity (Wildman–Crippen MR) is 112 cm³/mol. The molecule has 0 spiro atoms. The lowest BCUT2D eigenvalue weighted by molar-refractivity contribution is 0.0244. The summed E-state index contributed by atoms with van der Waals surface area (Å²) in [5, 5.41) is 10.8. The van der Waals surface area contributed by atoms with Crippen LogP contribution >= 0.6 is 0 Å². The standard InChI is InChI=1S/C23H33N3O3/c1-3-15(2)12-21-24-14-20-22(26-21)19(16-4-6-17(27)7-5-16)13-25-23(20)29-18-8-10-28-11-9-18/h13-18,27H,3-12H2,1-2H3/t15-,16?,17?/m0/s1. The quantitative estimate of drug-likeness (QED) is 0.785. The van der Waals surface area contributed by atoms with Crippen molar-refractivity contribution in [2.75, 3.05) is 13.2 Å². The number of ether oxygens (including phenoxy) is 2. The average molecular weight is 400 g/mol. The van der Waals surface area contributed by atoms with E-state index in [4.69, 9.17) is 19.4 Å². The fourth-order valence-electron chi connectivity index (χ4n) is 4.34. The molecule has 158 valence electrons. The van der Waals surface area contributed by atoms with Crippen LogP contribution in [0.25, 0.3) is 10.9 Å². The summed E-state index contributed by atoms with van der Waals surface area (Å²) in [6.07, 6.45) is 11.2. The minimum Gasteiger partial charge on any atom is -0.474 e. The maximum Gasteiger partial charge on any atom is 0.224 e. The SMILES string of the molecule is CC[C@H](C)Cc1ncc2c(OC3CCOCC3)ncc(C3CCC(O)CC3)c2n1. The Labute approximate surface area is 173 Å². The van der Waals surface area contributed by atoms with Gasteiger partial charge in [0.15, 0.2) is 0 Å². The molecule has 1 aliphatic heterocycles. The van der Waals surface area contributed by atoms with Gasteiger partial charge in [-0.15, -0.1) is 0 Å². The lowest BCUT2D eigenvalue weighted by Gasteiger charge is -2.27. The fourth-order valence-corrected chi connectivity index (χ4v) is 4.34. The van der Waals surface area contributed by atoms with Crippen molar-refractivity contribution in [2.45, 2.75) is 83.3 Å². The number of rotatable bonds is 6. The van der Waals surface area contributed by atoms with Crippen LogP contribution < -0.4 is 4.74 Å². The fraction of sp³-hybridized carbons (Fsp3) is 0.696. The van der Waals surface area contributed by atoms with Gasteiger partial charge in [-0.2, -0.15) is 0 Å². The molecule has 1 aliphatic carbocycles. The van der Waals surface area contributed by atoms with Crippen LogP contribution in [0, 0.1) is 5.92 Å². The van der Waals surface area contributed by atoms with Crippen LogP contribution in [0.3, 0.4) is 0 Å². The Kier molecular flexibility index (Phi) is 6.60. The summed E-state index contributed by atoms with van der Waals surface area (Å²) in [5.74, 6) is 2.48. The van der Waals surface area contributed by atoms with Gasteiger partial charge in [0, 0.05) is 37.2 Å². The number of fused-ring (bicyclic) bond motifs is 1. The van der Waals surface area contributed by atoms with Gasteiger partial charge < -0.3 is 14.6 Å². The Morgan fingerprint density at radius 2 is 1.86 bits per heavy atom. The predicted octanol–water partition coefficient (Wildman–Crippen LogP) is 4.19. The molecule has 29 heavy (non-hydrogen) atoms. The first kappa shape index (κ1) is 20.5. The number of aliphatic hydroxyl groups excluding tert-OH is 1. The molecule has 0 aromatic carbocycles. The molecule has 1 saturated carbocycles. The molecule has 2 aromatic rings. The van der Waals surface area contributed by atoms with Crippen molar-refractivity contribution in [3.05, 3.63) is 23.8 Å². The minimum atomic E-state index is -0.169. The lowest BCUT2D eigenvalue weighted by atomic mass is 9.82. The van der Waals surface area contributed by atoms with E-state index in [2.05, 4.69) is 18.8 Å². The zero-order valence-corrected chi connectivity index (χ0v) is 17.6. The topological polar surface area (TPSA) is 77.4 Å². The molecule has 3 heterocycles. The molecule has 6 heteroatoms. The number of hydrogen-bond acceptors (Lipinski definition) is 6. The van der Waals surface area contributed by atoms with Crippen LogP contribution in [-0.2, 0) is 11.2 Å². The second kappa shape index (κ2) is 9.35. The largest absolute Gasteiger partial charge is 0.474 e. The first-order chi connectivity index (χ1) is 14.1. The second-order valence-electron chi connectivity index (χ2n) is 8.72. The molecule has 0 amide bonds. The van der Waals surface area contributed by atoms with Gasteiger partial charge in [-0.1, -0.05) is 20.3 Å².